The molecular formula is C61H39N3. The van der Waals surface area contributed by atoms with Crippen LogP contribution in [0.5, 0.6) is 0 Å². The van der Waals surface area contributed by atoms with E-state index in [-0.39, 0.29) is 5.41 Å². The number of allylic oxidation sites excluding steroid dienone is 1. The monoisotopic (exact) mass is 813 g/mol. The number of hydrogen-bond acceptors (Lipinski definition) is 2. The average molecular weight is 814 g/mol. The molecule has 0 atom stereocenters. The quantitative estimate of drug-likeness (QED) is 0.166. The van der Waals surface area contributed by atoms with E-state index in [4.69, 9.17) is 9.97 Å². The van der Waals surface area contributed by atoms with E-state index in [1.54, 1.807) is 0 Å². The lowest BCUT2D eigenvalue weighted by Gasteiger charge is -2.25. The molecule has 2 aromatic heterocycles. The zero-order valence-corrected chi connectivity index (χ0v) is 35.4. The van der Waals surface area contributed by atoms with Crippen LogP contribution < -0.4 is 0 Å². The van der Waals surface area contributed by atoms with Crippen LogP contribution in [0.1, 0.15) is 36.1 Å². The Morgan fingerprint density at radius 2 is 1.05 bits per heavy atom. The highest BCUT2D eigenvalue weighted by Gasteiger charge is 2.43. The minimum Gasteiger partial charge on any atom is -0.278 e. The first kappa shape index (κ1) is 35.5. The minimum absolute atomic E-state index is 0.103. The molecule has 2 aliphatic rings. The Hall–Kier alpha value is -8.14. The Labute approximate surface area is 370 Å². The lowest BCUT2D eigenvalue weighted by Crippen LogP contribution is -2.16. The predicted molar refractivity (Wildman–Crippen MR) is 268 cm³/mol. The van der Waals surface area contributed by atoms with Crippen molar-refractivity contribution < 1.29 is 0 Å². The third-order valence-electron chi connectivity index (χ3n) is 14.3. The molecule has 12 aromatic rings. The van der Waals surface area contributed by atoms with Crippen molar-refractivity contribution in [3.05, 3.63) is 222 Å². The largest absolute Gasteiger partial charge is 0.278 e. The summed E-state index contributed by atoms with van der Waals surface area (Å²) < 4.78 is 2.28. The van der Waals surface area contributed by atoms with Crippen LogP contribution in [0.25, 0.3) is 116 Å². The third kappa shape index (κ3) is 4.81. The zero-order valence-electron chi connectivity index (χ0n) is 35.4. The Morgan fingerprint density at radius 3 is 1.89 bits per heavy atom. The summed E-state index contributed by atoms with van der Waals surface area (Å²) in [6, 6.07) is 73.3. The Bertz CT molecular complexity index is 4030. The first-order valence-corrected chi connectivity index (χ1v) is 22.2. The maximum Gasteiger partial charge on any atom is 0.235 e. The summed E-state index contributed by atoms with van der Waals surface area (Å²) in [5, 5.41) is 10.7. The van der Waals surface area contributed by atoms with E-state index in [2.05, 4.69) is 219 Å². The van der Waals surface area contributed by atoms with Crippen LogP contribution in [-0.4, -0.2) is 14.5 Å². The van der Waals surface area contributed by atoms with Crippen LogP contribution in [0.3, 0.4) is 0 Å². The van der Waals surface area contributed by atoms with E-state index >= 15 is 0 Å². The SMILES string of the molecule is CC1(C)C2=C(c3cc(-c4ccc5c(c4)c4ccccc4n5-c4nc(-c5ccc(-c6ccccc6)c6ccccc56)c5ccc6ccccc6c5n4)ccc31)c1cccc3cccc2c13. The van der Waals surface area contributed by atoms with Gasteiger partial charge < -0.3 is 0 Å². The first-order chi connectivity index (χ1) is 31.5. The predicted octanol–water partition coefficient (Wildman–Crippen LogP) is 15.8. The Morgan fingerprint density at radius 1 is 0.391 bits per heavy atom. The second-order valence-electron chi connectivity index (χ2n) is 18.1. The molecule has 0 aliphatic heterocycles. The number of para-hydroxylation sites is 1. The molecule has 0 amide bonds. The van der Waals surface area contributed by atoms with Crippen LogP contribution in [0.15, 0.2) is 200 Å². The van der Waals surface area contributed by atoms with Crippen molar-refractivity contribution in [1.29, 1.82) is 0 Å². The fourth-order valence-electron chi connectivity index (χ4n) is 11.5. The highest BCUT2D eigenvalue weighted by atomic mass is 15.2. The molecule has 0 N–H and O–H groups in total. The maximum absolute atomic E-state index is 5.62. The molecule has 0 unspecified atom stereocenters. The number of aromatic nitrogens is 3. The second kappa shape index (κ2) is 12.9. The van der Waals surface area contributed by atoms with Gasteiger partial charge in [-0.05, 0) is 113 Å². The summed E-state index contributed by atoms with van der Waals surface area (Å²) in [4.78, 5) is 11.1. The average Bonchev–Trinajstić information content (AvgIpc) is 3.95. The highest BCUT2D eigenvalue weighted by molar-refractivity contribution is 6.22. The van der Waals surface area contributed by atoms with Crippen LogP contribution >= 0.6 is 0 Å². The lowest BCUT2D eigenvalue weighted by molar-refractivity contribution is 0.705. The number of benzene rings is 10. The van der Waals surface area contributed by atoms with Gasteiger partial charge in [-0.2, -0.15) is 0 Å². The fourth-order valence-corrected chi connectivity index (χ4v) is 11.5. The van der Waals surface area contributed by atoms with Crippen molar-refractivity contribution in [3.8, 4) is 39.5 Å². The van der Waals surface area contributed by atoms with Gasteiger partial charge in [0.1, 0.15) is 0 Å². The molecule has 10 aromatic carbocycles. The number of rotatable bonds is 4. The van der Waals surface area contributed by atoms with Crippen LogP contribution in [-0.2, 0) is 5.41 Å². The molecule has 3 nitrogen and oxygen atoms in total. The summed E-state index contributed by atoms with van der Waals surface area (Å²) in [6.07, 6.45) is 0. The van der Waals surface area contributed by atoms with Crippen LogP contribution in [0, 0.1) is 0 Å². The van der Waals surface area contributed by atoms with Crippen LogP contribution in [0.4, 0.5) is 0 Å². The molecule has 0 bridgehead atoms. The first-order valence-electron chi connectivity index (χ1n) is 22.2. The van der Waals surface area contributed by atoms with Gasteiger partial charge in [0.2, 0.25) is 5.95 Å². The molecule has 3 heteroatoms. The molecule has 64 heavy (non-hydrogen) atoms. The standard InChI is InChI=1S/C61H39N3/c1-61(2)52-32-27-39(35-51(52)56-47-23-12-17-38-18-13-24-48(55(38)47)57(56)61)40-28-33-54-50(34-40)45-22-10-11-25-53(45)64(54)60-62-58-42-19-7-6-16-37(42)26-29-49(58)59(63-60)46-31-30-41(36-14-4-3-5-15-36)43-20-8-9-21-44(43)46/h3-35H,1-2H3. The summed E-state index contributed by atoms with van der Waals surface area (Å²) in [5.41, 5.74) is 18.1. The Kier molecular flexibility index (Phi) is 7.17. The van der Waals surface area contributed by atoms with Crippen molar-refractivity contribution in [1.82, 2.24) is 14.5 Å². The van der Waals surface area contributed by atoms with E-state index in [0.29, 0.717) is 5.95 Å². The van der Waals surface area contributed by atoms with E-state index < -0.39 is 0 Å². The van der Waals surface area contributed by atoms with Crippen molar-refractivity contribution in [2.75, 3.05) is 0 Å². The molecule has 2 heterocycles. The van der Waals surface area contributed by atoms with Crippen molar-refractivity contribution in [2.24, 2.45) is 0 Å². The normalized spacial score (nSPS) is 13.8. The summed E-state index contributed by atoms with van der Waals surface area (Å²) in [7, 11) is 0. The van der Waals surface area contributed by atoms with E-state index in [1.165, 1.54) is 82.6 Å². The van der Waals surface area contributed by atoms with E-state index in [9.17, 15) is 0 Å². The molecular weight excluding hydrogens is 775 g/mol. The lowest BCUT2D eigenvalue weighted by atomic mass is 9.78. The van der Waals surface area contributed by atoms with Gasteiger partial charge in [-0.1, -0.05) is 184 Å². The van der Waals surface area contributed by atoms with E-state index in [1.807, 2.05) is 0 Å². The van der Waals surface area contributed by atoms with Gasteiger partial charge in [0, 0.05) is 32.5 Å². The van der Waals surface area contributed by atoms with Gasteiger partial charge in [-0.3, -0.25) is 4.57 Å². The fraction of sp³-hybridized carbons (Fsp3) is 0.0492. The van der Waals surface area contributed by atoms with Crippen LogP contribution in [0.2, 0.25) is 0 Å². The maximum atomic E-state index is 5.62. The van der Waals surface area contributed by atoms with Crippen molar-refractivity contribution >= 4 is 76.2 Å². The Balaban J connectivity index is 0.980. The molecule has 0 spiro atoms. The van der Waals surface area contributed by atoms with E-state index in [0.717, 1.165) is 49.4 Å². The number of nitrogens with zero attached hydrogens (tertiary/aromatic N) is 3. The molecule has 0 saturated carbocycles. The van der Waals surface area contributed by atoms with Gasteiger partial charge in [-0.15, -0.1) is 0 Å². The van der Waals surface area contributed by atoms with Gasteiger partial charge in [0.05, 0.1) is 22.2 Å². The van der Waals surface area contributed by atoms with Gasteiger partial charge in [0.25, 0.3) is 0 Å². The third-order valence-corrected chi connectivity index (χ3v) is 14.3. The number of fused-ring (bicyclic) bond motifs is 11. The second-order valence-corrected chi connectivity index (χ2v) is 18.1. The highest BCUT2D eigenvalue weighted by Crippen LogP contribution is 2.59. The molecule has 14 rings (SSSR count). The van der Waals surface area contributed by atoms with Gasteiger partial charge in [0.15, 0.2) is 0 Å². The molecule has 0 radical (unpaired) electrons. The molecule has 2 aliphatic carbocycles. The summed E-state index contributed by atoms with van der Waals surface area (Å²) in [6.45, 7) is 4.79. The van der Waals surface area contributed by atoms with Crippen molar-refractivity contribution in [2.45, 2.75) is 19.3 Å². The number of hydrogen-bond donors (Lipinski definition) is 0. The van der Waals surface area contributed by atoms with Crippen molar-refractivity contribution in [3.63, 3.8) is 0 Å². The molecule has 298 valence electrons. The van der Waals surface area contributed by atoms with Gasteiger partial charge in [-0.25, -0.2) is 9.97 Å². The zero-order chi connectivity index (χ0) is 42.3. The smallest absolute Gasteiger partial charge is 0.235 e. The molecule has 0 saturated heterocycles. The minimum atomic E-state index is -0.103. The summed E-state index contributed by atoms with van der Waals surface area (Å²) >= 11 is 0. The van der Waals surface area contributed by atoms with Gasteiger partial charge >= 0.3 is 0 Å². The summed E-state index contributed by atoms with van der Waals surface area (Å²) in [5.74, 6) is 0.656. The topological polar surface area (TPSA) is 30.7 Å². The molecule has 0 fully saturated rings.